The molecular formula is C22H19ClN2O4. The Morgan fingerprint density at radius 3 is 2.45 bits per heavy atom. The number of amides is 2. The fourth-order valence-electron chi connectivity index (χ4n) is 3.09. The second-order valence-electron chi connectivity index (χ2n) is 6.59. The molecule has 1 aliphatic rings. The number of nitrogens with one attached hydrogen (secondary N) is 2. The van der Waals surface area contributed by atoms with E-state index in [0.717, 1.165) is 10.8 Å². The molecule has 0 saturated carbocycles. The van der Waals surface area contributed by atoms with Crippen molar-refractivity contribution in [3.8, 4) is 11.5 Å². The van der Waals surface area contributed by atoms with Crippen molar-refractivity contribution in [3.63, 3.8) is 0 Å². The maximum Gasteiger partial charge on any atom is 0.251 e. The van der Waals surface area contributed by atoms with Crippen LogP contribution >= 0.6 is 11.6 Å². The molecule has 0 aromatic heterocycles. The van der Waals surface area contributed by atoms with Crippen molar-refractivity contribution < 1.29 is 19.1 Å². The second kappa shape index (κ2) is 8.41. The molecule has 1 heterocycles. The molecule has 1 aliphatic heterocycles. The summed E-state index contributed by atoms with van der Waals surface area (Å²) in [4.78, 5) is 24.6. The van der Waals surface area contributed by atoms with Gasteiger partial charge in [-0.2, -0.15) is 0 Å². The number of benzene rings is 3. The number of fused-ring (bicyclic) bond motifs is 2. The van der Waals surface area contributed by atoms with Gasteiger partial charge in [0, 0.05) is 30.7 Å². The fourth-order valence-corrected chi connectivity index (χ4v) is 3.30. The molecule has 7 heteroatoms. The highest BCUT2D eigenvalue weighted by Gasteiger charge is 2.16. The number of rotatable bonds is 5. The van der Waals surface area contributed by atoms with Crippen LogP contribution in [0.5, 0.6) is 11.5 Å². The summed E-state index contributed by atoms with van der Waals surface area (Å²) in [6.07, 6.45) is 0.115. The average Bonchev–Trinajstić information content (AvgIpc) is 2.74. The van der Waals surface area contributed by atoms with Gasteiger partial charge in [-0.05, 0) is 22.9 Å². The van der Waals surface area contributed by atoms with E-state index in [0.29, 0.717) is 41.0 Å². The van der Waals surface area contributed by atoms with Gasteiger partial charge < -0.3 is 20.1 Å². The van der Waals surface area contributed by atoms with E-state index in [9.17, 15) is 9.59 Å². The first-order valence-electron chi connectivity index (χ1n) is 9.26. The number of anilines is 1. The molecule has 0 saturated heterocycles. The zero-order valence-corrected chi connectivity index (χ0v) is 16.3. The van der Waals surface area contributed by atoms with Crippen LogP contribution in [-0.2, 0) is 4.79 Å². The Hall–Kier alpha value is -3.25. The lowest BCUT2D eigenvalue weighted by molar-refractivity contribution is -0.116. The van der Waals surface area contributed by atoms with Crippen molar-refractivity contribution in [3.05, 3.63) is 65.2 Å². The van der Waals surface area contributed by atoms with Crippen molar-refractivity contribution in [2.75, 3.05) is 25.1 Å². The van der Waals surface area contributed by atoms with Crippen LogP contribution in [0.3, 0.4) is 0 Å². The Morgan fingerprint density at radius 2 is 1.66 bits per heavy atom. The maximum atomic E-state index is 12.3. The van der Waals surface area contributed by atoms with Gasteiger partial charge in [0.25, 0.3) is 5.91 Å². The van der Waals surface area contributed by atoms with Crippen LogP contribution in [0, 0.1) is 0 Å². The van der Waals surface area contributed by atoms with E-state index in [1.165, 1.54) is 0 Å². The summed E-state index contributed by atoms with van der Waals surface area (Å²) < 4.78 is 11.0. The molecule has 2 amide bonds. The van der Waals surface area contributed by atoms with Crippen LogP contribution in [0.15, 0.2) is 54.6 Å². The summed E-state index contributed by atoms with van der Waals surface area (Å²) in [5.41, 5.74) is 1.00. The molecule has 29 heavy (non-hydrogen) atoms. The van der Waals surface area contributed by atoms with Crippen LogP contribution in [0.25, 0.3) is 10.8 Å². The lowest BCUT2D eigenvalue weighted by Crippen LogP contribution is -2.27. The third kappa shape index (κ3) is 4.43. The zero-order valence-electron chi connectivity index (χ0n) is 15.5. The molecule has 3 aromatic carbocycles. The molecular weight excluding hydrogens is 392 g/mol. The molecule has 0 atom stereocenters. The second-order valence-corrected chi connectivity index (χ2v) is 7.00. The summed E-state index contributed by atoms with van der Waals surface area (Å²) in [7, 11) is 0. The molecule has 0 unspecified atom stereocenters. The number of carbonyl (C=O) groups excluding carboxylic acids is 2. The van der Waals surface area contributed by atoms with Crippen LogP contribution in [0.2, 0.25) is 5.02 Å². The predicted molar refractivity (Wildman–Crippen MR) is 112 cm³/mol. The van der Waals surface area contributed by atoms with Crippen molar-refractivity contribution >= 4 is 39.9 Å². The third-order valence-corrected chi connectivity index (χ3v) is 4.87. The molecule has 6 nitrogen and oxygen atoms in total. The Balaban J connectivity index is 1.32. The Kier molecular flexibility index (Phi) is 5.53. The van der Waals surface area contributed by atoms with E-state index >= 15 is 0 Å². The normalized spacial score (nSPS) is 12.4. The third-order valence-electron chi connectivity index (χ3n) is 4.56. The number of hydrogen-bond donors (Lipinski definition) is 2. The minimum atomic E-state index is -0.262. The highest BCUT2D eigenvalue weighted by molar-refractivity contribution is 6.34. The lowest BCUT2D eigenvalue weighted by Gasteiger charge is -2.20. The first-order chi connectivity index (χ1) is 14.1. The lowest BCUT2D eigenvalue weighted by atomic mass is 10.1. The van der Waals surface area contributed by atoms with E-state index in [1.807, 2.05) is 36.4 Å². The Bertz CT molecular complexity index is 1080. The zero-order chi connectivity index (χ0) is 20.2. The summed E-state index contributed by atoms with van der Waals surface area (Å²) in [6.45, 7) is 1.12. The van der Waals surface area contributed by atoms with Crippen molar-refractivity contribution in [2.45, 2.75) is 6.42 Å². The Morgan fingerprint density at radius 1 is 0.931 bits per heavy atom. The quantitative estimate of drug-likeness (QED) is 0.666. The minimum absolute atomic E-state index is 0.115. The molecule has 0 radical (unpaired) electrons. The van der Waals surface area contributed by atoms with Crippen LogP contribution in [0.1, 0.15) is 16.8 Å². The van der Waals surface area contributed by atoms with Gasteiger partial charge in [0.05, 0.1) is 10.7 Å². The number of hydrogen-bond acceptors (Lipinski definition) is 4. The summed E-state index contributed by atoms with van der Waals surface area (Å²) in [5, 5.41) is 7.93. The number of ether oxygens (including phenoxy) is 2. The van der Waals surface area contributed by atoms with Gasteiger partial charge in [-0.25, -0.2) is 0 Å². The summed E-state index contributed by atoms with van der Waals surface area (Å²) >= 11 is 6.20. The number of carbonyl (C=O) groups is 2. The average molecular weight is 411 g/mol. The minimum Gasteiger partial charge on any atom is -0.486 e. The van der Waals surface area contributed by atoms with Crippen LogP contribution < -0.4 is 20.1 Å². The van der Waals surface area contributed by atoms with Crippen molar-refractivity contribution in [1.29, 1.82) is 0 Å². The predicted octanol–water partition coefficient (Wildman–Crippen LogP) is 4.02. The van der Waals surface area contributed by atoms with Gasteiger partial charge in [0.1, 0.15) is 13.2 Å². The van der Waals surface area contributed by atoms with Gasteiger partial charge in [-0.3, -0.25) is 9.59 Å². The topological polar surface area (TPSA) is 76.7 Å². The highest BCUT2D eigenvalue weighted by atomic mass is 35.5. The van der Waals surface area contributed by atoms with Crippen molar-refractivity contribution in [1.82, 2.24) is 5.32 Å². The smallest absolute Gasteiger partial charge is 0.251 e. The van der Waals surface area contributed by atoms with E-state index < -0.39 is 0 Å². The SMILES string of the molecule is O=C(CCNC(=O)c1ccc2ccccc2c1)Nc1cc2c(cc1Cl)OCCO2. The largest absolute Gasteiger partial charge is 0.486 e. The Labute approximate surface area is 172 Å². The van der Waals surface area contributed by atoms with Gasteiger partial charge in [0.15, 0.2) is 11.5 Å². The highest BCUT2D eigenvalue weighted by Crippen LogP contribution is 2.37. The summed E-state index contributed by atoms with van der Waals surface area (Å²) in [5.74, 6) is 0.616. The van der Waals surface area contributed by atoms with Crippen molar-refractivity contribution in [2.24, 2.45) is 0 Å². The summed E-state index contributed by atoms with van der Waals surface area (Å²) in [6, 6.07) is 16.6. The molecule has 0 aliphatic carbocycles. The van der Waals surface area contributed by atoms with Gasteiger partial charge in [0.2, 0.25) is 5.91 Å². The first kappa shape index (κ1) is 19.1. The standard InChI is InChI=1S/C22H19ClN2O4/c23-17-12-19-20(29-10-9-28-19)13-18(17)25-21(26)7-8-24-22(27)16-6-5-14-3-1-2-4-15(14)11-16/h1-6,11-13H,7-10H2,(H,24,27)(H,25,26). The molecule has 0 spiro atoms. The number of halogens is 1. The first-order valence-corrected chi connectivity index (χ1v) is 9.64. The molecule has 0 bridgehead atoms. The molecule has 3 aromatic rings. The molecule has 2 N–H and O–H groups in total. The van der Waals surface area contributed by atoms with Crippen LogP contribution in [-0.4, -0.2) is 31.6 Å². The fraction of sp³-hybridized carbons (Fsp3) is 0.182. The van der Waals surface area contributed by atoms with Gasteiger partial charge >= 0.3 is 0 Å². The van der Waals surface area contributed by atoms with E-state index in [1.54, 1.807) is 18.2 Å². The maximum absolute atomic E-state index is 12.3. The van der Waals surface area contributed by atoms with Gasteiger partial charge in [-0.15, -0.1) is 0 Å². The van der Waals surface area contributed by atoms with Crippen LogP contribution in [0.4, 0.5) is 5.69 Å². The van der Waals surface area contributed by atoms with E-state index in [-0.39, 0.29) is 24.8 Å². The van der Waals surface area contributed by atoms with E-state index in [4.69, 9.17) is 21.1 Å². The van der Waals surface area contributed by atoms with Gasteiger partial charge in [-0.1, -0.05) is 41.9 Å². The molecule has 0 fully saturated rings. The monoisotopic (exact) mass is 410 g/mol. The molecule has 4 rings (SSSR count). The van der Waals surface area contributed by atoms with E-state index in [2.05, 4.69) is 10.6 Å². The molecule has 148 valence electrons.